The number of hydrogen-bond acceptors (Lipinski definition) is 1. The van der Waals surface area contributed by atoms with Gasteiger partial charge < -0.3 is 10.6 Å². The van der Waals surface area contributed by atoms with Gasteiger partial charge in [-0.2, -0.15) is 0 Å². The SMILES string of the molecule is CCCC(C)(C)N(C(N)=O)C(C)(C)CCC. The van der Waals surface area contributed by atoms with E-state index in [4.69, 9.17) is 5.73 Å². The van der Waals surface area contributed by atoms with E-state index in [9.17, 15) is 4.79 Å². The number of amides is 2. The average molecular weight is 228 g/mol. The molecule has 0 aromatic carbocycles. The Morgan fingerprint density at radius 1 is 1.00 bits per heavy atom. The molecule has 2 amide bonds. The Balaban J connectivity index is 5.07. The van der Waals surface area contributed by atoms with Gasteiger partial charge in [-0.05, 0) is 40.5 Å². The van der Waals surface area contributed by atoms with E-state index in [-0.39, 0.29) is 17.1 Å². The number of rotatable bonds is 6. The molecule has 0 aromatic rings. The molecule has 0 spiro atoms. The van der Waals surface area contributed by atoms with E-state index in [0.717, 1.165) is 25.7 Å². The van der Waals surface area contributed by atoms with E-state index >= 15 is 0 Å². The van der Waals surface area contributed by atoms with Gasteiger partial charge in [0.1, 0.15) is 0 Å². The molecule has 0 aliphatic heterocycles. The van der Waals surface area contributed by atoms with Crippen molar-refractivity contribution in [1.82, 2.24) is 4.90 Å². The van der Waals surface area contributed by atoms with Gasteiger partial charge in [0.15, 0.2) is 0 Å². The van der Waals surface area contributed by atoms with Crippen molar-refractivity contribution >= 4 is 6.03 Å². The van der Waals surface area contributed by atoms with Crippen LogP contribution >= 0.6 is 0 Å². The lowest BCUT2D eigenvalue weighted by Gasteiger charge is -2.48. The largest absolute Gasteiger partial charge is 0.351 e. The van der Waals surface area contributed by atoms with Crippen molar-refractivity contribution in [3.8, 4) is 0 Å². The van der Waals surface area contributed by atoms with Gasteiger partial charge in [-0.15, -0.1) is 0 Å². The van der Waals surface area contributed by atoms with Crippen LogP contribution in [0.15, 0.2) is 0 Å². The summed E-state index contributed by atoms with van der Waals surface area (Å²) >= 11 is 0. The predicted octanol–water partition coefficient (Wildman–Crippen LogP) is 3.52. The van der Waals surface area contributed by atoms with Crippen LogP contribution in [-0.2, 0) is 0 Å². The first-order valence-corrected chi connectivity index (χ1v) is 6.28. The monoisotopic (exact) mass is 228 g/mol. The molecule has 0 saturated heterocycles. The van der Waals surface area contributed by atoms with Crippen LogP contribution in [0.2, 0.25) is 0 Å². The average Bonchev–Trinajstić information content (AvgIpc) is 1.99. The highest BCUT2D eigenvalue weighted by Gasteiger charge is 2.38. The van der Waals surface area contributed by atoms with Crippen LogP contribution in [0.25, 0.3) is 0 Å². The maximum Gasteiger partial charge on any atom is 0.315 e. The van der Waals surface area contributed by atoms with Crippen LogP contribution in [0, 0.1) is 0 Å². The van der Waals surface area contributed by atoms with Gasteiger partial charge in [0, 0.05) is 11.1 Å². The number of urea groups is 1. The summed E-state index contributed by atoms with van der Waals surface area (Å²) in [7, 11) is 0. The molecule has 0 aromatic heterocycles. The summed E-state index contributed by atoms with van der Waals surface area (Å²) < 4.78 is 0. The second-order valence-corrected chi connectivity index (χ2v) is 5.80. The number of hydrogen-bond donors (Lipinski definition) is 1. The number of primary amides is 1. The second-order valence-electron chi connectivity index (χ2n) is 5.80. The number of nitrogens with two attached hydrogens (primary N) is 1. The van der Waals surface area contributed by atoms with Crippen LogP contribution in [0.4, 0.5) is 4.79 Å². The van der Waals surface area contributed by atoms with Crippen LogP contribution in [0.1, 0.15) is 67.2 Å². The summed E-state index contributed by atoms with van der Waals surface area (Å²) in [6.07, 6.45) is 4.06. The van der Waals surface area contributed by atoms with E-state index in [1.165, 1.54) is 0 Å². The number of nitrogens with zero attached hydrogens (tertiary/aromatic N) is 1. The third-order valence-corrected chi connectivity index (χ3v) is 3.15. The van der Waals surface area contributed by atoms with E-state index in [1.54, 1.807) is 0 Å². The lowest BCUT2D eigenvalue weighted by atomic mass is 9.87. The minimum atomic E-state index is -0.308. The molecule has 0 atom stereocenters. The van der Waals surface area contributed by atoms with Crippen molar-refractivity contribution in [3.63, 3.8) is 0 Å². The lowest BCUT2D eigenvalue weighted by Crippen LogP contribution is -2.60. The van der Waals surface area contributed by atoms with Crippen molar-refractivity contribution in [2.75, 3.05) is 0 Å². The van der Waals surface area contributed by atoms with E-state index in [2.05, 4.69) is 41.5 Å². The van der Waals surface area contributed by atoms with Gasteiger partial charge in [-0.3, -0.25) is 0 Å². The molecule has 0 fully saturated rings. The van der Waals surface area contributed by atoms with E-state index < -0.39 is 0 Å². The molecule has 16 heavy (non-hydrogen) atoms. The molecule has 2 N–H and O–H groups in total. The summed E-state index contributed by atoms with van der Waals surface area (Å²) in [6, 6.07) is -0.308. The molecular formula is C13H28N2O. The van der Waals surface area contributed by atoms with Gasteiger partial charge in [0.25, 0.3) is 0 Å². The zero-order valence-corrected chi connectivity index (χ0v) is 11.8. The van der Waals surface area contributed by atoms with Gasteiger partial charge in [-0.1, -0.05) is 26.7 Å². The normalized spacial score (nSPS) is 12.6. The van der Waals surface area contributed by atoms with E-state index in [1.807, 2.05) is 4.90 Å². The van der Waals surface area contributed by atoms with Crippen LogP contribution in [0.3, 0.4) is 0 Å². The third kappa shape index (κ3) is 3.69. The van der Waals surface area contributed by atoms with Gasteiger partial charge in [0.2, 0.25) is 0 Å². The first-order chi connectivity index (χ1) is 7.19. The molecule has 0 unspecified atom stereocenters. The lowest BCUT2D eigenvalue weighted by molar-refractivity contribution is 0.0475. The molecule has 3 heteroatoms. The second kappa shape index (κ2) is 5.55. The summed E-state index contributed by atoms with van der Waals surface area (Å²) in [5.41, 5.74) is 5.22. The smallest absolute Gasteiger partial charge is 0.315 e. The molecule has 0 aliphatic rings. The summed E-state index contributed by atoms with van der Waals surface area (Å²) in [5.74, 6) is 0. The Kier molecular flexibility index (Phi) is 5.30. The van der Waals surface area contributed by atoms with Crippen LogP contribution < -0.4 is 5.73 Å². The molecule has 0 radical (unpaired) electrons. The zero-order valence-electron chi connectivity index (χ0n) is 11.8. The summed E-state index contributed by atoms with van der Waals surface area (Å²) in [6.45, 7) is 12.6. The Morgan fingerprint density at radius 3 is 1.50 bits per heavy atom. The fourth-order valence-electron chi connectivity index (χ4n) is 2.86. The molecule has 0 saturated carbocycles. The van der Waals surface area contributed by atoms with Crippen molar-refractivity contribution < 1.29 is 4.79 Å². The zero-order chi connectivity index (χ0) is 13.0. The Labute approximate surface area is 100 Å². The molecular weight excluding hydrogens is 200 g/mol. The molecule has 0 rings (SSSR count). The van der Waals surface area contributed by atoms with Crippen molar-refractivity contribution in [2.24, 2.45) is 5.73 Å². The van der Waals surface area contributed by atoms with Crippen LogP contribution in [0.5, 0.6) is 0 Å². The fourth-order valence-corrected chi connectivity index (χ4v) is 2.86. The highest BCUT2D eigenvalue weighted by molar-refractivity contribution is 5.73. The van der Waals surface area contributed by atoms with Crippen LogP contribution in [-0.4, -0.2) is 22.0 Å². The number of carbonyl (C=O) groups excluding carboxylic acids is 1. The van der Waals surface area contributed by atoms with Gasteiger partial charge in [0.05, 0.1) is 0 Å². The van der Waals surface area contributed by atoms with Crippen molar-refractivity contribution in [3.05, 3.63) is 0 Å². The highest BCUT2D eigenvalue weighted by Crippen LogP contribution is 2.31. The summed E-state index contributed by atoms with van der Waals surface area (Å²) in [4.78, 5) is 13.5. The predicted molar refractivity (Wildman–Crippen MR) is 69.4 cm³/mol. The molecule has 0 aliphatic carbocycles. The Hall–Kier alpha value is -0.730. The first-order valence-electron chi connectivity index (χ1n) is 6.28. The Morgan fingerprint density at radius 2 is 1.31 bits per heavy atom. The maximum absolute atomic E-state index is 11.7. The molecule has 96 valence electrons. The Bertz CT molecular complexity index is 216. The maximum atomic E-state index is 11.7. The third-order valence-electron chi connectivity index (χ3n) is 3.15. The van der Waals surface area contributed by atoms with Gasteiger partial charge in [-0.25, -0.2) is 4.79 Å². The molecule has 0 bridgehead atoms. The molecule has 0 heterocycles. The minimum Gasteiger partial charge on any atom is -0.351 e. The van der Waals surface area contributed by atoms with E-state index in [0.29, 0.717) is 0 Å². The standard InChI is InChI=1S/C13H28N2O/c1-7-9-12(3,4)15(11(14)16)13(5,6)10-8-2/h7-10H2,1-6H3,(H2,14,16). The number of carbonyl (C=O) groups is 1. The van der Waals surface area contributed by atoms with Crippen molar-refractivity contribution in [2.45, 2.75) is 78.3 Å². The first kappa shape index (κ1) is 15.3. The van der Waals surface area contributed by atoms with Crippen molar-refractivity contribution in [1.29, 1.82) is 0 Å². The highest BCUT2D eigenvalue weighted by atomic mass is 16.2. The minimum absolute atomic E-state index is 0.167. The molecule has 3 nitrogen and oxygen atoms in total. The summed E-state index contributed by atoms with van der Waals surface area (Å²) in [5, 5.41) is 0. The quantitative estimate of drug-likeness (QED) is 0.742. The topological polar surface area (TPSA) is 46.3 Å². The van der Waals surface area contributed by atoms with Gasteiger partial charge >= 0.3 is 6.03 Å². The fraction of sp³-hybridized carbons (Fsp3) is 0.923.